The molecule has 0 aromatic heterocycles. The molecule has 1 aromatic rings. The van der Waals surface area contributed by atoms with Crippen molar-refractivity contribution in [3.8, 4) is 0 Å². The van der Waals surface area contributed by atoms with E-state index in [0.29, 0.717) is 0 Å². The summed E-state index contributed by atoms with van der Waals surface area (Å²) in [7, 11) is -3.73. The first-order valence-corrected chi connectivity index (χ1v) is 6.42. The summed E-state index contributed by atoms with van der Waals surface area (Å²) >= 11 is 10.8. The predicted octanol–water partition coefficient (Wildman–Crippen LogP) is 2.19. The van der Waals surface area contributed by atoms with E-state index in [2.05, 4.69) is 0 Å². The van der Waals surface area contributed by atoms with E-state index in [9.17, 15) is 18.5 Å². The van der Waals surface area contributed by atoms with Crippen LogP contribution in [0.1, 0.15) is 0 Å². The number of hydrogen-bond acceptors (Lipinski definition) is 4. The van der Waals surface area contributed by atoms with Crippen LogP contribution in [0.5, 0.6) is 0 Å². The first-order valence-electron chi connectivity index (χ1n) is 3.86. The second-order valence-corrected chi connectivity index (χ2v) is 5.46. The lowest BCUT2D eigenvalue weighted by Crippen LogP contribution is -2.13. The lowest BCUT2D eigenvalue weighted by molar-refractivity contribution is -0.384. The molecule has 0 saturated heterocycles. The molecule has 0 radical (unpaired) electrons. The van der Waals surface area contributed by atoms with Gasteiger partial charge in [0, 0.05) is 12.1 Å². The standard InChI is InChI=1S/C7H6Cl2N2O4S/c8-4-16(14,15)10-7-3-5(11(12)13)1-2-6(7)9/h1-3,10H,4H2. The summed E-state index contributed by atoms with van der Waals surface area (Å²) in [5.41, 5.74) is -0.340. The van der Waals surface area contributed by atoms with Crippen LogP contribution in [0.15, 0.2) is 18.2 Å². The Hall–Kier alpha value is -1.05. The van der Waals surface area contributed by atoms with Crippen molar-refractivity contribution < 1.29 is 13.3 Å². The van der Waals surface area contributed by atoms with Gasteiger partial charge in [-0.3, -0.25) is 14.8 Å². The van der Waals surface area contributed by atoms with Crippen molar-refractivity contribution in [2.75, 3.05) is 9.93 Å². The summed E-state index contributed by atoms with van der Waals surface area (Å²) < 4.78 is 24.3. The van der Waals surface area contributed by atoms with Gasteiger partial charge in [-0.2, -0.15) is 0 Å². The van der Waals surface area contributed by atoms with E-state index in [-0.39, 0.29) is 16.4 Å². The zero-order valence-corrected chi connectivity index (χ0v) is 10.0. The minimum absolute atomic E-state index is 0.0549. The third kappa shape index (κ3) is 3.22. The number of sulfonamides is 1. The molecule has 1 rings (SSSR count). The van der Waals surface area contributed by atoms with Crippen molar-refractivity contribution in [3.63, 3.8) is 0 Å². The van der Waals surface area contributed by atoms with Gasteiger partial charge in [-0.15, -0.1) is 11.6 Å². The van der Waals surface area contributed by atoms with Crippen molar-refractivity contribution in [2.45, 2.75) is 0 Å². The van der Waals surface area contributed by atoms with E-state index < -0.39 is 20.2 Å². The van der Waals surface area contributed by atoms with Crippen molar-refractivity contribution >= 4 is 44.6 Å². The lowest BCUT2D eigenvalue weighted by atomic mass is 10.3. The average molecular weight is 285 g/mol. The predicted molar refractivity (Wildman–Crippen MR) is 61.4 cm³/mol. The maximum Gasteiger partial charge on any atom is 0.271 e. The van der Waals surface area contributed by atoms with Gasteiger partial charge in [0.1, 0.15) is 5.21 Å². The highest BCUT2D eigenvalue weighted by atomic mass is 35.5. The number of nitrogens with zero attached hydrogens (tertiary/aromatic N) is 1. The molecule has 0 fully saturated rings. The van der Waals surface area contributed by atoms with Gasteiger partial charge in [0.05, 0.1) is 15.6 Å². The molecular weight excluding hydrogens is 279 g/mol. The molecule has 0 aliphatic rings. The van der Waals surface area contributed by atoms with E-state index in [1.54, 1.807) is 0 Å². The van der Waals surface area contributed by atoms with Crippen molar-refractivity contribution in [1.29, 1.82) is 0 Å². The largest absolute Gasteiger partial charge is 0.281 e. The molecule has 0 amide bonds. The molecule has 0 aliphatic carbocycles. The molecule has 6 nitrogen and oxygen atoms in total. The number of rotatable bonds is 4. The van der Waals surface area contributed by atoms with Crippen molar-refractivity contribution in [3.05, 3.63) is 33.3 Å². The number of halogens is 2. The lowest BCUT2D eigenvalue weighted by Gasteiger charge is -2.06. The summed E-state index contributed by atoms with van der Waals surface area (Å²) in [6.45, 7) is 0. The Labute approximate surface area is 101 Å². The molecule has 0 unspecified atom stereocenters. The molecule has 16 heavy (non-hydrogen) atoms. The fraction of sp³-hybridized carbons (Fsp3) is 0.143. The summed E-state index contributed by atoms with van der Waals surface area (Å²) in [4.78, 5) is 9.80. The van der Waals surface area contributed by atoms with Crippen LogP contribution in [0, 0.1) is 10.1 Å². The number of nitro benzene ring substituents is 1. The topological polar surface area (TPSA) is 89.3 Å². The van der Waals surface area contributed by atoms with Crippen LogP contribution in [0.3, 0.4) is 0 Å². The molecule has 0 aliphatic heterocycles. The van der Waals surface area contributed by atoms with Gasteiger partial charge >= 0.3 is 0 Å². The fourth-order valence-corrected chi connectivity index (χ4v) is 1.84. The summed E-state index contributed by atoms with van der Waals surface area (Å²) in [6, 6.07) is 3.42. The number of non-ortho nitro benzene ring substituents is 1. The highest BCUT2D eigenvalue weighted by Gasteiger charge is 2.14. The molecule has 0 heterocycles. The SMILES string of the molecule is O=[N+]([O-])c1ccc(Cl)c(NS(=O)(=O)CCl)c1. The average Bonchev–Trinajstić information content (AvgIpc) is 2.21. The molecular formula is C7H6Cl2N2O4S. The maximum absolute atomic E-state index is 11.1. The van der Waals surface area contributed by atoms with Gasteiger partial charge in [-0.05, 0) is 6.07 Å². The monoisotopic (exact) mass is 284 g/mol. The Bertz CT molecular complexity index is 517. The number of hydrogen-bond donors (Lipinski definition) is 1. The second-order valence-electron chi connectivity index (χ2n) is 2.75. The third-order valence-corrected chi connectivity index (χ3v) is 3.58. The highest BCUT2D eigenvalue weighted by molar-refractivity contribution is 7.93. The Morgan fingerprint density at radius 1 is 1.44 bits per heavy atom. The van der Waals surface area contributed by atoms with Crippen LogP contribution in [-0.2, 0) is 10.0 Å². The molecule has 0 atom stereocenters. The van der Waals surface area contributed by atoms with E-state index in [4.69, 9.17) is 23.2 Å². The number of nitro groups is 1. The molecule has 0 bridgehead atoms. The Morgan fingerprint density at radius 2 is 2.06 bits per heavy atom. The quantitative estimate of drug-likeness (QED) is 0.521. The van der Waals surface area contributed by atoms with Crippen LogP contribution in [-0.4, -0.2) is 18.6 Å². The first-order chi connectivity index (χ1) is 7.35. The van der Waals surface area contributed by atoms with Crippen LogP contribution < -0.4 is 4.72 Å². The summed E-state index contributed by atoms with van der Waals surface area (Å²) in [5.74, 6) is 0. The van der Waals surface area contributed by atoms with E-state index >= 15 is 0 Å². The van der Waals surface area contributed by atoms with Gasteiger partial charge in [0.15, 0.2) is 0 Å². The Balaban J connectivity index is 3.13. The normalized spacial score (nSPS) is 11.1. The molecule has 0 saturated carbocycles. The summed E-state index contributed by atoms with van der Waals surface area (Å²) in [5, 5.41) is 9.85. The Morgan fingerprint density at radius 3 is 2.56 bits per heavy atom. The van der Waals surface area contributed by atoms with E-state index in [0.717, 1.165) is 6.07 Å². The minimum Gasteiger partial charge on any atom is -0.281 e. The van der Waals surface area contributed by atoms with Crippen molar-refractivity contribution in [1.82, 2.24) is 0 Å². The zero-order valence-electron chi connectivity index (χ0n) is 7.68. The third-order valence-electron chi connectivity index (χ3n) is 1.57. The number of benzene rings is 1. The smallest absolute Gasteiger partial charge is 0.271 e. The van der Waals surface area contributed by atoms with Gasteiger partial charge < -0.3 is 0 Å². The number of alkyl halides is 1. The molecule has 1 N–H and O–H groups in total. The van der Waals surface area contributed by atoms with E-state index in [1.165, 1.54) is 12.1 Å². The highest BCUT2D eigenvalue weighted by Crippen LogP contribution is 2.27. The van der Waals surface area contributed by atoms with Crippen LogP contribution >= 0.6 is 23.2 Å². The van der Waals surface area contributed by atoms with Gasteiger partial charge in [0.2, 0.25) is 10.0 Å². The molecule has 88 valence electrons. The summed E-state index contributed by atoms with van der Waals surface area (Å²) in [6.07, 6.45) is 0. The van der Waals surface area contributed by atoms with E-state index in [1.807, 2.05) is 4.72 Å². The molecule has 0 spiro atoms. The van der Waals surface area contributed by atoms with Crippen LogP contribution in [0.25, 0.3) is 0 Å². The van der Waals surface area contributed by atoms with Gasteiger partial charge in [-0.1, -0.05) is 11.6 Å². The fourth-order valence-electron chi connectivity index (χ4n) is 0.900. The van der Waals surface area contributed by atoms with Gasteiger partial charge in [0.25, 0.3) is 5.69 Å². The first kappa shape index (κ1) is 13.0. The molecule has 9 heteroatoms. The number of anilines is 1. The Kier molecular flexibility index (Phi) is 3.95. The maximum atomic E-state index is 11.1. The van der Waals surface area contributed by atoms with Gasteiger partial charge in [-0.25, -0.2) is 8.42 Å². The zero-order chi connectivity index (χ0) is 12.3. The van der Waals surface area contributed by atoms with Crippen molar-refractivity contribution in [2.24, 2.45) is 0 Å². The minimum atomic E-state index is -3.73. The van der Waals surface area contributed by atoms with Crippen LogP contribution in [0.4, 0.5) is 11.4 Å². The number of nitrogens with one attached hydrogen (secondary N) is 1. The van der Waals surface area contributed by atoms with Crippen LogP contribution in [0.2, 0.25) is 5.02 Å². The molecule has 1 aromatic carbocycles. The second kappa shape index (κ2) is 4.86.